The summed E-state index contributed by atoms with van der Waals surface area (Å²) < 4.78 is 0. The van der Waals surface area contributed by atoms with E-state index in [4.69, 9.17) is 0 Å². The zero-order valence-corrected chi connectivity index (χ0v) is 17.3. The van der Waals surface area contributed by atoms with Gasteiger partial charge in [0.2, 0.25) is 0 Å². The summed E-state index contributed by atoms with van der Waals surface area (Å²) >= 11 is 0. The Hall–Kier alpha value is -1.60. The predicted molar refractivity (Wildman–Crippen MR) is 115 cm³/mol. The first-order valence-electron chi connectivity index (χ1n) is 10.6. The average Bonchev–Trinajstić information content (AvgIpc) is 3.18. The van der Waals surface area contributed by atoms with E-state index in [2.05, 4.69) is 81.1 Å². The fourth-order valence-electron chi connectivity index (χ4n) is 3.67. The van der Waals surface area contributed by atoms with Gasteiger partial charge in [-0.2, -0.15) is 0 Å². The van der Waals surface area contributed by atoms with E-state index < -0.39 is 0 Å². The van der Waals surface area contributed by atoms with E-state index in [9.17, 15) is 0 Å². The van der Waals surface area contributed by atoms with Crippen molar-refractivity contribution in [3.63, 3.8) is 0 Å². The van der Waals surface area contributed by atoms with E-state index in [-0.39, 0.29) is 0 Å². The number of benzene rings is 2. The number of likely N-dealkylation sites (tertiary alicyclic amines) is 1. The Morgan fingerprint density at radius 1 is 0.885 bits per heavy atom. The fraction of sp³-hybridized carbons (Fsp3) is 0.520. The minimum atomic E-state index is 0.516. The average molecular weight is 352 g/mol. The lowest BCUT2D eigenvalue weighted by Gasteiger charge is -2.22. The zero-order chi connectivity index (χ0) is 18.8. The Kier molecular flexibility index (Phi) is 8.91. The Morgan fingerprint density at radius 3 is 2.15 bits per heavy atom. The van der Waals surface area contributed by atoms with E-state index in [1.165, 1.54) is 67.6 Å². The topological polar surface area (TPSA) is 3.24 Å². The first-order chi connectivity index (χ1) is 12.7. The number of hydrogen-bond acceptors (Lipinski definition) is 1. The van der Waals surface area contributed by atoms with Crippen LogP contribution in [0.3, 0.4) is 0 Å². The van der Waals surface area contributed by atoms with Crippen LogP contribution in [0, 0.1) is 6.92 Å². The van der Waals surface area contributed by atoms with Gasteiger partial charge in [-0.3, -0.25) is 0 Å². The standard InChI is InChI=1S/C22H29N.C3H8/c1-3-19-7-6-8-21(17-19)22(13-16-23-14-4-5-15-23)20-11-9-18(2)10-12-20;1-3-2/h6-12,17,22H,3-5,13-16H2,1-2H3;3H2,1-2H3/t22-;/m0./s1. The van der Waals surface area contributed by atoms with Crippen molar-refractivity contribution >= 4 is 0 Å². The third-order valence-electron chi connectivity index (χ3n) is 5.17. The lowest BCUT2D eigenvalue weighted by molar-refractivity contribution is 0.327. The number of nitrogens with zero attached hydrogens (tertiary/aromatic N) is 1. The second-order valence-corrected chi connectivity index (χ2v) is 7.61. The largest absolute Gasteiger partial charge is 0.303 e. The maximum atomic E-state index is 2.63. The van der Waals surface area contributed by atoms with Gasteiger partial charge in [0.25, 0.3) is 0 Å². The molecule has 142 valence electrons. The van der Waals surface area contributed by atoms with E-state index in [0.717, 1.165) is 6.42 Å². The normalized spacial score (nSPS) is 15.4. The van der Waals surface area contributed by atoms with Gasteiger partial charge in [0.05, 0.1) is 0 Å². The van der Waals surface area contributed by atoms with Crippen molar-refractivity contribution in [1.82, 2.24) is 4.90 Å². The molecule has 1 heterocycles. The maximum Gasteiger partial charge on any atom is 0.0102 e. The highest BCUT2D eigenvalue weighted by atomic mass is 15.1. The molecule has 3 rings (SSSR count). The first kappa shape index (κ1) is 20.7. The van der Waals surface area contributed by atoms with Crippen LogP contribution in [0.1, 0.15) is 74.6 Å². The molecule has 26 heavy (non-hydrogen) atoms. The molecule has 0 saturated carbocycles. The van der Waals surface area contributed by atoms with Gasteiger partial charge in [0.15, 0.2) is 0 Å². The van der Waals surface area contributed by atoms with Gasteiger partial charge < -0.3 is 4.90 Å². The Morgan fingerprint density at radius 2 is 1.54 bits per heavy atom. The lowest BCUT2D eigenvalue weighted by atomic mass is 9.87. The Bertz CT molecular complexity index is 623. The van der Waals surface area contributed by atoms with Gasteiger partial charge >= 0.3 is 0 Å². The summed E-state index contributed by atoms with van der Waals surface area (Å²) in [5, 5.41) is 0. The fourth-order valence-corrected chi connectivity index (χ4v) is 3.67. The van der Waals surface area contributed by atoms with Crippen LogP contribution in [0.5, 0.6) is 0 Å². The van der Waals surface area contributed by atoms with Crippen LogP contribution in [0.2, 0.25) is 0 Å². The van der Waals surface area contributed by atoms with Gasteiger partial charge in [-0.05, 0) is 68.9 Å². The summed E-state index contributed by atoms with van der Waals surface area (Å²) in [5.41, 5.74) is 5.73. The minimum absolute atomic E-state index is 0.516. The first-order valence-corrected chi connectivity index (χ1v) is 10.6. The molecule has 1 aliphatic heterocycles. The third kappa shape index (κ3) is 6.29. The summed E-state index contributed by atoms with van der Waals surface area (Å²) in [5.74, 6) is 0.516. The Balaban J connectivity index is 0.000000758. The summed E-state index contributed by atoms with van der Waals surface area (Å²) in [7, 11) is 0. The predicted octanol–water partition coefficient (Wildman–Crippen LogP) is 6.59. The molecule has 1 fully saturated rings. The lowest BCUT2D eigenvalue weighted by Crippen LogP contribution is -2.22. The van der Waals surface area contributed by atoms with Crippen molar-refractivity contribution < 1.29 is 0 Å². The second-order valence-electron chi connectivity index (χ2n) is 7.61. The molecule has 0 amide bonds. The van der Waals surface area contributed by atoms with Gasteiger partial charge in [0, 0.05) is 5.92 Å². The summed E-state index contributed by atoms with van der Waals surface area (Å²) in [6, 6.07) is 18.3. The highest BCUT2D eigenvalue weighted by Gasteiger charge is 2.18. The van der Waals surface area contributed by atoms with Crippen LogP contribution >= 0.6 is 0 Å². The second kappa shape index (κ2) is 11.2. The van der Waals surface area contributed by atoms with Crippen LogP contribution in [-0.4, -0.2) is 24.5 Å². The van der Waals surface area contributed by atoms with Crippen molar-refractivity contribution in [3.05, 3.63) is 70.8 Å². The molecule has 2 aromatic carbocycles. The van der Waals surface area contributed by atoms with Crippen LogP contribution in [0.4, 0.5) is 0 Å². The smallest absolute Gasteiger partial charge is 0.0102 e. The molecule has 0 aromatic heterocycles. The van der Waals surface area contributed by atoms with Crippen LogP contribution in [-0.2, 0) is 6.42 Å². The van der Waals surface area contributed by atoms with Crippen molar-refractivity contribution in [2.24, 2.45) is 0 Å². The van der Waals surface area contributed by atoms with E-state index in [1.807, 2.05) is 0 Å². The number of aryl methyl sites for hydroxylation is 2. The molecule has 1 heteroatoms. The maximum absolute atomic E-state index is 2.63. The van der Waals surface area contributed by atoms with Gasteiger partial charge in [-0.15, -0.1) is 0 Å². The van der Waals surface area contributed by atoms with Crippen molar-refractivity contribution in [2.45, 2.75) is 65.7 Å². The van der Waals surface area contributed by atoms with Crippen LogP contribution in [0.25, 0.3) is 0 Å². The SMILES string of the molecule is CCC.CCc1cccc([C@@H](CCN2CCCC2)c2ccc(C)cc2)c1. The van der Waals surface area contributed by atoms with Gasteiger partial charge in [-0.25, -0.2) is 0 Å². The van der Waals surface area contributed by atoms with E-state index in [1.54, 1.807) is 0 Å². The van der Waals surface area contributed by atoms with Crippen molar-refractivity contribution in [3.8, 4) is 0 Å². The molecular formula is C25H37N. The molecular weight excluding hydrogens is 314 g/mol. The Labute approximate surface area is 161 Å². The summed E-state index contributed by atoms with van der Waals surface area (Å²) in [6.07, 6.45) is 6.33. The molecule has 0 bridgehead atoms. The zero-order valence-electron chi connectivity index (χ0n) is 17.3. The van der Waals surface area contributed by atoms with Crippen LogP contribution in [0.15, 0.2) is 48.5 Å². The van der Waals surface area contributed by atoms with Gasteiger partial charge in [0.1, 0.15) is 0 Å². The summed E-state index contributed by atoms with van der Waals surface area (Å²) in [4.78, 5) is 2.63. The molecule has 1 aliphatic rings. The molecule has 0 unspecified atom stereocenters. The highest BCUT2D eigenvalue weighted by molar-refractivity contribution is 5.36. The molecule has 0 radical (unpaired) electrons. The molecule has 1 atom stereocenters. The third-order valence-corrected chi connectivity index (χ3v) is 5.17. The molecule has 1 saturated heterocycles. The highest BCUT2D eigenvalue weighted by Crippen LogP contribution is 2.30. The number of hydrogen-bond donors (Lipinski definition) is 0. The van der Waals surface area contributed by atoms with Crippen molar-refractivity contribution in [1.29, 1.82) is 0 Å². The molecule has 0 N–H and O–H groups in total. The van der Waals surface area contributed by atoms with Crippen molar-refractivity contribution in [2.75, 3.05) is 19.6 Å². The summed E-state index contributed by atoms with van der Waals surface area (Å²) in [6.45, 7) is 12.4. The van der Waals surface area contributed by atoms with Crippen LogP contribution < -0.4 is 0 Å². The molecule has 0 aliphatic carbocycles. The molecule has 1 nitrogen and oxygen atoms in total. The molecule has 0 spiro atoms. The minimum Gasteiger partial charge on any atom is -0.303 e. The number of rotatable bonds is 6. The quantitative estimate of drug-likeness (QED) is 0.567. The van der Waals surface area contributed by atoms with E-state index in [0.29, 0.717) is 5.92 Å². The monoisotopic (exact) mass is 351 g/mol. The van der Waals surface area contributed by atoms with E-state index >= 15 is 0 Å². The molecule has 2 aromatic rings. The van der Waals surface area contributed by atoms with Gasteiger partial charge in [-0.1, -0.05) is 81.3 Å².